The topological polar surface area (TPSA) is 54.3 Å². The van der Waals surface area contributed by atoms with E-state index in [0.29, 0.717) is 12.1 Å². The second kappa shape index (κ2) is 5.61. The van der Waals surface area contributed by atoms with Crippen LogP contribution >= 0.6 is 0 Å². The number of rotatable bonds is 4. The lowest BCUT2D eigenvalue weighted by Gasteiger charge is -2.10. The third-order valence-electron chi connectivity index (χ3n) is 2.91. The van der Waals surface area contributed by atoms with Crippen LogP contribution in [0.3, 0.4) is 0 Å². The number of anilines is 1. The molecule has 1 aromatic carbocycles. The van der Waals surface area contributed by atoms with Gasteiger partial charge < -0.3 is 15.1 Å². The minimum Gasteiger partial charge on any atom is -0.465 e. The normalized spacial score (nSPS) is 10.3. The second-order valence-electron chi connectivity index (χ2n) is 4.49. The van der Waals surface area contributed by atoms with Crippen LogP contribution in [-0.4, -0.2) is 13.0 Å². The van der Waals surface area contributed by atoms with E-state index in [0.717, 1.165) is 22.8 Å². The van der Waals surface area contributed by atoms with Gasteiger partial charge in [-0.2, -0.15) is 0 Å². The summed E-state index contributed by atoms with van der Waals surface area (Å²) in [6.45, 7) is 4.24. The molecule has 0 bridgehead atoms. The molecule has 100 valence electrons. The van der Waals surface area contributed by atoms with Gasteiger partial charge in [-0.15, -0.1) is 0 Å². The zero-order chi connectivity index (χ0) is 13.8. The predicted octanol–water partition coefficient (Wildman–Crippen LogP) is 2.87. The highest BCUT2D eigenvalue weighted by atomic mass is 16.3. The van der Waals surface area contributed by atoms with Gasteiger partial charge in [0.05, 0.1) is 12.1 Å². The van der Waals surface area contributed by atoms with E-state index in [4.69, 9.17) is 4.42 Å². The third kappa shape index (κ3) is 3.16. The van der Waals surface area contributed by atoms with Gasteiger partial charge in [0.15, 0.2) is 0 Å². The van der Waals surface area contributed by atoms with E-state index < -0.39 is 0 Å². The monoisotopic (exact) mass is 258 g/mol. The summed E-state index contributed by atoms with van der Waals surface area (Å²) >= 11 is 0. The van der Waals surface area contributed by atoms with Gasteiger partial charge >= 0.3 is 0 Å². The van der Waals surface area contributed by atoms with Crippen molar-refractivity contribution < 1.29 is 9.21 Å². The van der Waals surface area contributed by atoms with Gasteiger partial charge in [-0.05, 0) is 38.1 Å². The Labute approximate surface area is 112 Å². The van der Waals surface area contributed by atoms with Crippen molar-refractivity contribution in [1.82, 2.24) is 5.32 Å². The van der Waals surface area contributed by atoms with E-state index in [2.05, 4.69) is 10.6 Å². The minimum absolute atomic E-state index is 0.109. The van der Waals surface area contributed by atoms with Crippen molar-refractivity contribution in [3.8, 4) is 0 Å². The predicted molar refractivity (Wildman–Crippen MR) is 75.3 cm³/mol. The molecule has 2 N–H and O–H groups in total. The Morgan fingerprint density at radius 2 is 2.00 bits per heavy atom. The molecule has 2 aromatic rings. The number of carbonyl (C=O) groups is 1. The van der Waals surface area contributed by atoms with Gasteiger partial charge in [-0.25, -0.2) is 0 Å². The van der Waals surface area contributed by atoms with Crippen LogP contribution < -0.4 is 10.6 Å². The van der Waals surface area contributed by atoms with E-state index in [9.17, 15) is 4.79 Å². The zero-order valence-corrected chi connectivity index (χ0v) is 11.4. The Balaban J connectivity index is 2.09. The highest BCUT2D eigenvalue weighted by Gasteiger charge is 2.11. The fourth-order valence-corrected chi connectivity index (χ4v) is 1.91. The van der Waals surface area contributed by atoms with Gasteiger partial charge in [-0.1, -0.05) is 11.6 Å². The molecule has 0 atom stereocenters. The summed E-state index contributed by atoms with van der Waals surface area (Å²) in [5.74, 6) is 1.49. The van der Waals surface area contributed by atoms with E-state index in [-0.39, 0.29) is 5.91 Å². The van der Waals surface area contributed by atoms with Crippen molar-refractivity contribution in [2.45, 2.75) is 20.4 Å². The Morgan fingerprint density at radius 3 is 2.63 bits per heavy atom. The molecule has 0 unspecified atom stereocenters. The van der Waals surface area contributed by atoms with Crippen molar-refractivity contribution >= 4 is 11.6 Å². The molecular formula is C15H18N2O2. The summed E-state index contributed by atoms with van der Waals surface area (Å²) in [5.41, 5.74) is 2.52. The molecule has 0 fully saturated rings. The first kappa shape index (κ1) is 13.2. The minimum atomic E-state index is -0.109. The first-order chi connectivity index (χ1) is 9.10. The van der Waals surface area contributed by atoms with Crippen LogP contribution in [0.1, 0.15) is 27.4 Å². The third-order valence-corrected chi connectivity index (χ3v) is 2.91. The largest absolute Gasteiger partial charge is 0.465 e. The van der Waals surface area contributed by atoms with Crippen LogP contribution in [0.4, 0.5) is 5.69 Å². The number of furan rings is 1. The average Bonchev–Trinajstić information content (AvgIpc) is 2.81. The molecule has 0 aliphatic heterocycles. The standard InChI is InChI=1S/C15H18N2O2/c1-10-4-7-14(16-3)13(8-10)15(18)17-9-12-6-5-11(2)19-12/h4-8,16H,9H2,1-3H3,(H,17,18). The van der Waals surface area contributed by atoms with Crippen molar-refractivity contribution in [2.24, 2.45) is 0 Å². The van der Waals surface area contributed by atoms with Crippen molar-refractivity contribution in [1.29, 1.82) is 0 Å². The molecule has 0 aliphatic rings. The Morgan fingerprint density at radius 1 is 1.21 bits per heavy atom. The van der Waals surface area contributed by atoms with Crippen molar-refractivity contribution in [2.75, 3.05) is 12.4 Å². The molecule has 1 amide bonds. The van der Waals surface area contributed by atoms with Crippen LogP contribution in [0.5, 0.6) is 0 Å². The summed E-state index contributed by atoms with van der Waals surface area (Å²) in [4.78, 5) is 12.2. The van der Waals surface area contributed by atoms with E-state index in [1.807, 2.05) is 44.2 Å². The highest BCUT2D eigenvalue weighted by Crippen LogP contribution is 2.17. The fraction of sp³-hybridized carbons (Fsp3) is 0.267. The van der Waals surface area contributed by atoms with Crippen LogP contribution in [0.15, 0.2) is 34.7 Å². The molecule has 1 aromatic heterocycles. The molecule has 0 spiro atoms. The van der Waals surface area contributed by atoms with Crippen molar-refractivity contribution in [3.05, 3.63) is 53.0 Å². The molecule has 0 saturated carbocycles. The lowest BCUT2D eigenvalue weighted by molar-refractivity contribution is 0.0948. The lowest BCUT2D eigenvalue weighted by Crippen LogP contribution is -2.23. The van der Waals surface area contributed by atoms with E-state index in [1.54, 1.807) is 7.05 Å². The summed E-state index contributed by atoms with van der Waals surface area (Å²) in [6.07, 6.45) is 0. The number of benzene rings is 1. The molecule has 0 radical (unpaired) electrons. The quantitative estimate of drug-likeness (QED) is 0.886. The molecule has 0 saturated heterocycles. The van der Waals surface area contributed by atoms with Gasteiger partial charge in [0.25, 0.3) is 5.91 Å². The summed E-state index contributed by atoms with van der Waals surface area (Å²) in [6, 6.07) is 9.49. The van der Waals surface area contributed by atoms with Crippen LogP contribution in [0, 0.1) is 13.8 Å². The van der Waals surface area contributed by atoms with Crippen LogP contribution in [0.2, 0.25) is 0 Å². The molecule has 4 heteroatoms. The van der Waals surface area contributed by atoms with Gasteiger partial charge in [0.2, 0.25) is 0 Å². The fourth-order valence-electron chi connectivity index (χ4n) is 1.91. The smallest absolute Gasteiger partial charge is 0.253 e. The van der Waals surface area contributed by atoms with E-state index in [1.165, 1.54) is 0 Å². The molecule has 1 heterocycles. The molecule has 2 rings (SSSR count). The molecular weight excluding hydrogens is 240 g/mol. The number of carbonyl (C=O) groups excluding carboxylic acids is 1. The molecule has 0 aliphatic carbocycles. The lowest BCUT2D eigenvalue weighted by atomic mass is 10.1. The Bertz CT molecular complexity index is 588. The van der Waals surface area contributed by atoms with Gasteiger partial charge in [0, 0.05) is 12.7 Å². The number of nitrogens with one attached hydrogen (secondary N) is 2. The maximum atomic E-state index is 12.2. The number of hydrogen-bond donors (Lipinski definition) is 2. The number of amides is 1. The number of aryl methyl sites for hydroxylation is 2. The zero-order valence-electron chi connectivity index (χ0n) is 11.4. The molecule has 4 nitrogen and oxygen atoms in total. The summed E-state index contributed by atoms with van der Waals surface area (Å²) in [7, 11) is 1.80. The van der Waals surface area contributed by atoms with E-state index >= 15 is 0 Å². The average molecular weight is 258 g/mol. The first-order valence-electron chi connectivity index (χ1n) is 6.22. The Kier molecular flexibility index (Phi) is 3.90. The summed E-state index contributed by atoms with van der Waals surface area (Å²) < 4.78 is 5.42. The SMILES string of the molecule is CNc1ccc(C)cc1C(=O)NCc1ccc(C)o1. The Hall–Kier alpha value is -2.23. The maximum absolute atomic E-state index is 12.2. The van der Waals surface area contributed by atoms with Gasteiger partial charge in [0.1, 0.15) is 11.5 Å². The van der Waals surface area contributed by atoms with Crippen LogP contribution in [-0.2, 0) is 6.54 Å². The van der Waals surface area contributed by atoms with Crippen molar-refractivity contribution in [3.63, 3.8) is 0 Å². The van der Waals surface area contributed by atoms with Gasteiger partial charge in [-0.3, -0.25) is 4.79 Å². The second-order valence-corrected chi connectivity index (χ2v) is 4.49. The first-order valence-corrected chi connectivity index (χ1v) is 6.22. The number of hydrogen-bond acceptors (Lipinski definition) is 3. The maximum Gasteiger partial charge on any atom is 0.253 e. The van der Waals surface area contributed by atoms with Crippen LogP contribution in [0.25, 0.3) is 0 Å². The summed E-state index contributed by atoms with van der Waals surface area (Å²) in [5, 5.41) is 5.88. The molecule has 19 heavy (non-hydrogen) atoms. The highest BCUT2D eigenvalue weighted by molar-refractivity contribution is 5.99.